The Morgan fingerprint density at radius 3 is 2.14 bits per heavy atom. The molecule has 4 aliphatic rings. The van der Waals surface area contributed by atoms with Gasteiger partial charge in [0.15, 0.2) is 0 Å². The highest BCUT2D eigenvalue weighted by Crippen LogP contribution is 2.66. The van der Waals surface area contributed by atoms with Crippen LogP contribution in [0.5, 0.6) is 0 Å². The molecule has 1 saturated heterocycles. The molecule has 0 radical (unpaired) electrons. The van der Waals surface area contributed by atoms with Crippen molar-refractivity contribution in [1.29, 1.82) is 0 Å². The van der Waals surface area contributed by atoms with E-state index in [1.54, 1.807) is 0 Å². The summed E-state index contributed by atoms with van der Waals surface area (Å²) in [5.74, 6) is 1.20. The Hall–Kier alpha value is -1.34. The number of carbonyl (C=O) groups is 2. The van der Waals surface area contributed by atoms with Crippen LogP contribution in [0.25, 0.3) is 0 Å². The average Bonchev–Trinajstić information content (AvgIpc) is 3.22. The van der Waals surface area contributed by atoms with Gasteiger partial charge in [-0.25, -0.2) is 0 Å². The van der Waals surface area contributed by atoms with Crippen molar-refractivity contribution in [2.24, 2.45) is 34.5 Å². The predicted molar refractivity (Wildman–Crippen MR) is 140 cm³/mol. The number of fused-ring (bicyclic) bond motifs is 3. The smallest absolute Gasteiger partial charge is 0.466 e. The van der Waals surface area contributed by atoms with E-state index < -0.39 is 0 Å². The highest BCUT2D eigenvalue weighted by molar-refractivity contribution is 6.55. The molecule has 7 heteroatoms. The maximum absolute atomic E-state index is 12.8. The molecule has 1 heterocycles. The van der Waals surface area contributed by atoms with Gasteiger partial charge in [0.1, 0.15) is 0 Å². The topological polar surface area (TPSA) is 71.1 Å². The van der Waals surface area contributed by atoms with Gasteiger partial charge in [-0.2, -0.15) is 0 Å². The number of allylic oxidation sites excluding steroid dienone is 2. The van der Waals surface area contributed by atoms with Crippen molar-refractivity contribution in [2.75, 3.05) is 13.2 Å². The van der Waals surface area contributed by atoms with Crippen molar-refractivity contribution in [3.63, 3.8) is 0 Å². The van der Waals surface area contributed by atoms with Crippen LogP contribution in [0.15, 0.2) is 11.5 Å². The third-order valence-corrected chi connectivity index (χ3v) is 10.8. The molecular weight excluding hydrogens is 455 g/mol. The summed E-state index contributed by atoms with van der Waals surface area (Å²) in [7, 11) is -0.299. The van der Waals surface area contributed by atoms with Crippen LogP contribution in [0.1, 0.15) is 100 Å². The van der Waals surface area contributed by atoms with Gasteiger partial charge in [0.25, 0.3) is 0 Å². The van der Waals surface area contributed by atoms with E-state index in [2.05, 4.69) is 47.6 Å². The molecule has 3 aliphatic carbocycles. The van der Waals surface area contributed by atoms with E-state index in [1.807, 2.05) is 13.8 Å². The summed E-state index contributed by atoms with van der Waals surface area (Å²) in [6.45, 7) is 17.6. The second-order valence-corrected chi connectivity index (χ2v) is 13.1. The first-order valence-electron chi connectivity index (χ1n) is 14.2. The SMILES string of the molecule is CCOC(=O)C[C@@H]1CC[C@@H]2[C@H](CC[C@]3(C)C(B4OC(C)(C)C(C)(C)O4)=CC[C@@H]23)[C@@]1(C)CC(=O)OCC. The largest absolute Gasteiger partial charge is 0.490 e. The lowest BCUT2D eigenvalue weighted by atomic mass is 9.44. The molecule has 0 aromatic heterocycles. The zero-order valence-corrected chi connectivity index (χ0v) is 23.8. The normalized spacial score (nSPS) is 38.7. The molecule has 36 heavy (non-hydrogen) atoms. The maximum Gasteiger partial charge on any atom is 0.490 e. The lowest BCUT2D eigenvalue weighted by Gasteiger charge is -2.58. The monoisotopic (exact) mass is 502 g/mol. The zero-order valence-electron chi connectivity index (χ0n) is 23.8. The van der Waals surface area contributed by atoms with Crippen LogP contribution in [0, 0.1) is 34.5 Å². The quantitative estimate of drug-likeness (QED) is 0.318. The molecule has 1 aliphatic heterocycles. The Morgan fingerprint density at radius 1 is 0.917 bits per heavy atom. The Balaban J connectivity index is 1.58. The van der Waals surface area contributed by atoms with Crippen LogP contribution >= 0.6 is 0 Å². The molecule has 0 bridgehead atoms. The predicted octanol–water partition coefficient (Wildman–Crippen LogP) is 5.92. The minimum atomic E-state index is -0.354. The third kappa shape index (κ3) is 4.57. The van der Waals surface area contributed by atoms with Crippen LogP contribution in [-0.2, 0) is 28.4 Å². The van der Waals surface area contributed by atoms with Gasteiger partial charge in [0.2, 0.25) is 0 Å². The summed E-state index contributed by atoms with van der Waals surface area (Å²) in [6.07, 6.45) is 8.26. The summed E-state index contributed by atoms with van der Waals surface area (Å²) in [4.78, 5) is 25.3. The first-order valence-corrected chi connectivity index (χ1v) is 14.2. The molecular formula is C29H47BO6. The van der Waals surface area contributed by atoms with Crippen molar-refractivity contribution in [3.8, 4) is 0 Å². The molecule has 0 aromatic carbocycles. The van der Waals surface area contributed by atoms with E-state index in [0.717, 1.165) is 32.1 Å². The number of rotatable bonds is 7. The first-order chi connectivity index (χ1) is 16.8. The fourth-order valence-corrected chi connectivity index (χ4v) is 8.03. The Kier molecular flexibility index (Phi) is 7.51. The van der Waals surface area contributed by atoms with Crippen molar-refractivity contribution in [2.45, 2.75) is 112 Å². The molecule has 0 unspecified atom stereocenters. The van der Waals surface area contributed by atoms with Crippen LogP contribution < -0.4 is 0 Å². The van der Waals surface area contributed by atoms with E-state index in [1.165, 1.54) is 5.47 Å². The Labute approximate surface area is 218 Å². The van der Waals surface area contributed by atoms with E-state index in [0.29, 0.717) is 43.8 Å². The van der Waals surface area contributed by atoms with Crippen LogP contribution in [-0.4, -0.2) is 43.5 Å². The fraction of sp³-hybridized carbons (Fsp3) is 0.862. The van der Waals surface area contributed by atoms with Crippen LogP contribution in [0.4, 0.5) is 0 Å². The van der Waals surface area contributed by atoms with Crippen molar-refractivity contribution in [3.05, 3.63) is 11.5 Å². The summed E-state index contributed by atoms with van der Waals surface area (Å²) in [5.41, 5.74) is 0.351. The zero-order chi connectivity index (χ0) is 26.5. The van der Waals surface area contributed by atoms with Gasteiger partial charge in [-0.3, -0.25) is 9.59 Å². The Morgan fingerprint density at radius 2 is 1.53 bits per heavy atom. The minimum absolute atomic E-state index is 0.0289. The summed E-state index contributed by atoms with van der Waals surface area (Å²) < 4.78 is 23.7. The molecule has 202 valence electrons. The Bertz CT molecular complexity index is 880. The maximum atomic E-state index is 12.8. The minimum Gasteiger partial charge on any atom is -0.466 e. The van der Waals surface area contributed by atoms with Gasteiger partial charge in [-0.05, 0) is 114 Å². The molecule has 0 spiro atoms. The van der Waals surface area contributed by atoms with Crippen LogP contribution in [0.2, 0.25) is 0 Å². The van der Waals surface area contributed by atoms with Crippen LogP contribution in [0.3, 0.4) is 0 Å². The number of esters is 2. The summed E-state index contributed by atoms with van der Waals surface area (Å²) >= 11 is 0. The molecule has 4 rings (SSSR count). The molecule has 3 fully saturated rings. The van der Waals surface area contributed by atoms with E-state index in [9.17, 15) is 9.59 Å². The van der Waals surface area contributed by atoms with Gasteiger partial charge < -0.3 is 18.8 Å². The number of ether oxygens (including phenoxy) is 2. The number of hydrogen-bond acceptors (Lipinski definition) is 6. The lowest BCUT2D eigenvalue weighted by Crippen LogP contribution is -2.53. The first kappa shape index (κ1) is 27.7. The highest BCUT2D eigenvalue weighted by Gasteiger charge is 2.62. The molecule has 0 amide bonds. The standard InChI is InChI=1S/C29H47BO6/c1-9-33-24(31)17-19-11-12-20-21-13-14-23(30-35-26(3,4)27(5,6)36-30)28(21,7)16-15-22(20)29(19,8)18-25(32)34-10-2/h14,19-22H,9-13,15-18H2,1-8H3/t19-,20-,21-,22-,28-,29-/m0/s1. The van der Waals surface area contributed by atoms with Gasteiger partial charge in [-0.15, -0.1) is 0 Å². The molecule has 0 aromatic rings. The van der Waals surface area contributed by atoms with Crippen molar-refractivity contribution < 1.29 is 28.4 Å². The molecule has 6 nitrogen and oxygen atoms in total. The van der Waals surface area contributed by atoms with Gasteiger partial charge in [0, 0.05) is 6.42 Å². The third-order valence-electron chi connectivity index (χ3n) is 10.8. The summed E-state index contributed by atoms with van der Waals surface area (Å²) in [5, 5.41) is 0. The molecule has 0 N–H and O–H groups in total. The number of carbonyl (C=O) groups excluding carboxylic acids is 2. The average molecular weight is 503 g/mol. The van der Waals surface area contributed by atoms with Gasteiger partial charge >= 0.3 is 19.1 Å². The van der Waals surface area contributed by atoms with Gasteiger partial charge in [-0.1, -0.05) is 19.9 Å². The van der Waals surface area contributed by atoms with Crippen molar-refractivity contribution >= 4 is 19.1 Å². The second-order valence-electron chi connectivity index (χ2n) is 13.1. The second kappa shape index (κ2) is 9.76. The van der Waals surface area contributed by atoms with E-state index in [-0.39, 0.29) is 47.0 Å². The summed E-state index contributed by atoms with van der Waals surface area (Å²) in [6, 6.07) is 0. The molecule has 2 saturated carbocycles. The number of hydrogen-bond donors (Lipinski definition) is 0. The van der Waals surface area contributed by atoms with Gasteiger partial charge in [0.05, 0.1) is 30.8 Å². The van der Waals surface area contributed by atoms with Crippen molar-refractivity contribution in [1.82, 2.24) is 0 Å². The highest BCUT2D eigenvalue weighted by atomic mass is 16.7. The lowest BCUT2D eigenvalue weighted by molar-refractivity contribution is -0.159. The fourth-order valence-electron chi connectivity index (χ4n) is 8.03. The molecule has 6 atom stereocenters. The van der Waals surface area contributed by atoms with E-state index >= 15 is 0 Å². The van der Waals surface area contributed by atoms with E-state index in [4.69, 9.17) is 18.8 Å².